The maximum atomic E-state index is 12.6. The molecule has 1 N–H and O–H groups in total. The van der Waals surface area contributed by atoms with E-state index in [0.29, 0.717) is 37.4 Å². The molecule has 1 aromatic carbocycles. The first kappa shape index (κ1) is 17.2. The van der Waals surface area contributed by atoms with Gasteiger partial charge < -0.3 is 10.1 Å². The average molecular weight is 342 g/mol. The van der Waals surface area contributed by atoms with E-state index in [4.69, 9.17) is 10.00 Å². The molecule has 3 amide bonds. The largest absolute Gasteiger partial charge is 0.492 e. The first-order valence-electron chi connectivity index (χ1n) is 8.46. The fourth-order valence-electron chi connectivity index (χ4n) is 3.41. The zero-order valence-corrected chi connectivity index (χ0v) is 14.5. The number of nitrogens with one attached hydrogen (secondary N) is 1. The highest BCUT2D eigenvalue weighted by molar-refractivity contribution is 6.07. The second-order valence-electron chi connectivity index (χ2n) is 6.80. The molecule has 2 fully saturated rings. The number of amides is 3. The Bertz CT molecular complexity index is 727. The van der Waals surface area contributed by atoms with Crippen molar-refractivity contribution >= 4 is 11.9 Å². The third-order valence-corrected chi connectivity index (χ3v) is 4.70. The van der Waals surface area contributed by atoms with Crippen LogP contribution in [0.15, 0.2) is 24.3 Å². The summed E-state index contributed by atoms with van der Waals surface area (Å²) < 4.78 is 5.69. The van der Waals surface area contributed by atoms with Crippen LogP contribution in [0.2, 0.25) is 0 Å². The molecule has 0 unspecified atom stereocenters. The number of urea groups is 1. The van der Waals surface area contributed by atoms with Crippen LogP contribution < -0.4 is 10.1 Å². The van der Waals surface area contributed by atoms with Gasteiger partial charge in [0.25, 0.3) is 5.91 Å². The standard InChI is InChI=1S/C18H22N4O3/c1-13(2)22-16(23)18(20-17(22)24)6-7-21(12-18)8-9-25-15-5-3-4-14(10-15)11-19/h3-5,10,13H,6-9,12H2,1-2H3,(H,20,24)/t18-/m1/s1. The summed E-state index contributed by atoms with van der Waals surface area (Å²) in [5.41, 5.74) is -0.229. The van der Waals surface area contributed by atoms with Crippen LogP contribution in [0.4, 0.5) is 4.79 Å². The molecular weight excluding hydrogens is 320 g/mol. The summed E-state index contributed by atoms with van der Waals surface area (Å²) in [7, 11) is 0. The molecule has 2 aliphatic heterocycles. The van der Waals surface area contributed by atoms with Gasteiger partial charge in [-0.25, -0.2) is 4.79 Å². The van der Waals surface area contributed by atoms with Gasteiger partial charge in [0.2, 0.25) is 0 Å². The molecule has 2 aliphatic rings. The highest BCUT2D eigenvalue weighted by atomic mass is 16.5. The molecule has 3 rings (SSSR count). The van der Waals surface area contributed by atoms with Gasteiger partial charge in [0.15, 0.2) is 0 Å². The number of nitriles is 1. The second kappa shape index (κ2) is 6.73. The van der Waals surface area contributed by atoms with Gasteiger partial charge in [-0.15, -0.1) is 0 Å². The number of carbonyl (C=O) groups is 2. The van der Waals surface area contributed by atoms with E-state index in [1.807, 2.05) is 19.9 Å². The van der Waals surface area contributed by atoms with Gasteiger partial charge in [0, 0.05) is 25.7 Å². The zero-order chi connectivity index (χ0) is 18.0. The first-order valence-corrected chi connectivity index (χ1v) is 8.46. The van der Waals surface area contributed by atoms with Crippen LogP contribution in [0.3, 0.4) is 0 Å². The summed E-state index contributed by atoms with van der Waals surface area (Å²) in [5.74, 6) is 0.529. The van der Waals surface area contributed by atoms with Crippen molar-refractivity contribution in [2.45, 2.75) is 31.8 Å². The molecular formula is C18H22N4O3. The molecule has 25 heavy (non-hydrogen) atoms. The minimum Gasteiger partial charge on any atom is -0.492 e. The fourth-order valence-corrected chi connectivity index (χ4v) is 3.41. The lowest BCUT2D eigenvalue weighted by atomic mass is 9.99. The topological polar surface area (TPSA) is 85.7 Å². The molecule has 1 atom stereocenters. The fraction of sp³-hybridized carbons (Fsp3) is 0.500. The van der Waals surface area contributed by atoms with E-state index in [1.54, 1.807) is 18.2 Å². The molecule has 2 saturated heterocycles. The van der Waals surface area contributed by atoms with Crippen molar-refractivity contribution in [3.8, 4) is 11.8 Å². The Morgan fingerprint density at radius 3 is 2.88 bits per heavy atom. The van der Waals surface area contributed by atoms with Crippen LogP contribution in [0.1, 0.15) is 25.8 Å². The molecule has 0 aromatic heterocycles. The molecule has 0 bridgehead atoms. The maximum absolute atomic E-state index is 12.6. The Morgan fingerprint density at radius 1 is 1.40 bits per heavy atom. The van der Waals surface area contributed by atoms with E-state index in [-0.39, 0.29) is 18.0 Å². The van der Waals surface area contributed by atoms with E-state index in [9.17, 15) is 9.59 Å². The van der Waals surface area contributed by atoms with Crippen molar-refractivity contribution in [3.63, 3.8) is 0 Å². The monoisotopic (exact) mass is 342 g/mol. The summed E-state index contributed by atoms with van der Waals surface area (Å²) in [5, 5.41) is 11.8. The second-order valence-corrected chi connectivity index (χ2v) is 6.80. The summed E-state index contributed by atoms with van der Waals surface area (Å²) in [4.78, 5) is 28.2. The zero-order valence-electron chi connectivity index (χ0n) is 14.5. The van der Waals surface area contributed by atoms with E-state index in [0.717, 1.165) is 6.54 Å². The number of ether oxygens (including phenoxy) is 1. The van der Waals surface area contributed by atoms with Gasteiger partial charge in [-0.05, 0) is 38.5 Å². The number of likely N-dealkylation sites (tertiary alicyclic amines) is 1. The Hall–Kier alpha value is -2.59. The van der Waals surface area contributed by atoms with Crippen LogP contribution in [0.5, 0.6) is 5.75 Å². The van der Waals surface area contributed by atoms with Crippen LogP contribution in [0, 0.1) is 11.3 Å². The highest BCUT2D eigenvalue weighted by Crippen LogP contribution is 2.29. The average Bonchev–Trinajstić information content (AvgIpc) is 3.09. The van der Waals surface area contributed by atoms with Gasteiger partial charge in [0.1, 0.15) is 17.9 Å². The first-order chi connectivity index (χ1) is 11.9. The van der Waals surface area contributed by atoms with E-state index >= 15 is 0 Å². The van der Waals surface area contributed by atoms with Crippen LogP contribution in [-0.4, -0.2) is 59.6 Å². The van der Waals surface area contributed by atoms with E-state index < -0.39 is 5.54 Å². The summed E-state index contributed by atoms with van der Waals surface area (Å²) in [6, 6.07) is 8.67. The Balaban J connectivity index is 1.54. The third kappa shape index (κ3) is 3.30. The number of carbonyl (C=O) groups excluding carboxylic acids is 2. The van der Waals surface area contributed by atoms with Crippen molar-refractivity contribution in [2.24, 2.45) is 0 Å². The molecule has 132 valence electrons. The highest BCUT2D eigenvalue weighted by Gasteiger charge is 2.55. The Labute approximate surface area is 147 Å². The molecule has 7 heteroatoms. The number of hydrogen-bond acceptors (Lipinski definition) is 5. The SMILES string of the molecule is CC(C)N1C(=O)N[C@@]2(CCN(CCOc3cccc(C#N)c3)C2)C1=O. The van der Waals surface area contributed by atoms with Gasteiger partial charge in [-0.3, -0.25) is 14.6 Å². The smallest absolute Gasteiger partial charge is 0.325 e. The maximum Gasteiger partial charge on any atom is 0.325 e. The normalized spacial score (nSPS) is 23.4. The van der Waals surface area contributed by atoms with Gasteiger partial charge in [-0.2, -0.15) is 5.26 Å². The summed E-state index contributed by atoms with van der Waals surface area (Å²) in [6.45, 7) is 6.03. The van der Waals surface area contributed by atoms with E-state index in [1.165, 1.54) is 4.90 Å². The quantitative estimate of drug-likeness (QED) is 0.816. The number of imide groups is 1. The van der Waals surface area contributed by atoms with Crippen LogP contribution in [-0.2, 0) is 4.79 Å². The number of rotatable bonds is 5. The number of nitrogens with zero attached hydrogens (tertiary/aromatic N) is 3. The number of benzene rings is 1. The van der Waals surface area contributed by atoms with Crippen molar-refractivity contribution in [3.05, 3.63) is 29.8 Å². The van der Waals surface area contributed by atoms with Crippen molar-refractivity contribution in [2.75, 3.05) is 26.2 Å². The van der Waals surface area contributed by atoms with Gasteiger partial charge in [-0.1, -0.05) is 6.07 Å². The molecule has 0 aliphatic carbocycles. The van der Waals surface area contributed by atoms with Crippen molar-refractivity contribution in [1.82, 2.24) is 15.1 Å². The molecule has 0 radical (unpaired) electrons. The number of hydrogen-bond donors (Lipinski definition) is 1. The van der Waals surface area contributed by atoms with Crippen LogP contribution >= 0.6 is 0 Å². The van der Waals surface area contributed by atoms with Crippen molar-refractivity contribution < 1.29 is 14.3 Å². The molecule has 7 nitrogen and oxygen atoms in total. The molecule has 0 saturated carbocycles. The summed E-state index contributed by atoms with van der Waals surface area (Å²) in [6.07, 6.45) is 0.616. The van der Waals surface area contributed by atoms with Gasteiger partial charge in [0.05, 0.1) is 11.6 Å². The predicted octanol–water partition coefficient (Wildman–Crippen LogP) is 1.34. The third-order valence-electron chi connectivity index (χ3n) is 4.70. The predicted molar refractivity (Wildman–Crippen MR) is 91.0 cm³/mol. The molecule has 2 heterocycles. The molecule has 1 spiro atoms. The van der Waals surface area contributed by atoms with Crippen LogP contribution in [0.25, 0.3) is 0 Å². The lowest BCUT2D eigenvalue weighted by Gasteiger charge is -2.23. The van der Waals surface area contributed by atoms with Crippen molar-refractivity contribution in [1.29, 1.82) is 5.26 Å². The Morgan fingerprint density at radius 2 is 2.20 bits per heavy atom. The minimum atomic E-state index is -0.790. The van der Waals surface area contributed by atoms with E-state index in [2.05, 4.69) is 16.3 Å². The molecule has 1 aromatic rings. The van der Waals surface area contributed by atoms with Gasteiger partial charge >= 0.3 is 6.03 Å². The summed E-state index contributed by atoms with van der Waals surface area (Å²) >= 11 is 0. The Kier molecular flexibility index (Phi) is 4.64. The minimum absolute atomic E-state index is 0.127. The lowest BCUT2D eigenvalue weighted by Crippen LogP contribution is -2.49. The lowest BCUT2D eigenvalue weighted by molar-refractivity contribution is -0.132.